The molecule has 0 aliphatic heterocycles. The molecule has 0 heterocycles. The fourth-order valence-corrected chi connectivity index (χ4v) is 2.24. The molecule has 2 atom stereocenters. The molecule has 2 unspecified atom stereocenters. The standard InChI is InChI=1S/C17H36O4S/c1-5-18-9-10-19-11-12-20-17(8-13-22)7-6-16(4)21-14-15(2)3/h15-17,22H,5-14H2,1-4H3. The molecule has 0 amide bonds. The van der Waals surface area contributed by atoms with Gasteiger partial charge in [0.15, 0.2) is 0 Å². The molecule has 0 N–H and O–H groups in total. The maximum atomic E-state index is 5.89. The second kappa shape index (κ2) is 16.1. The average Bonchev–Trinajstić information content (AvgIpc) is 2.49. The summed E-state index contributed by atoms with van der Waals surface area (Å²) in [6, 6.07) is 0. The second-order valence-corrected chi connectivity index (χ2v) is 6.38. The van der Waals surface area contributed by atoms with Crippen LogP contribution in [0.5, 0.6) is 0 Å². The lowest BCUT2D eigenvalue weighted by atomic mass is 10.1. The van der Waals surface area contributed by atoms with Crippen molar-refractivity contribution in [1.82, 2.24) is 0 Å². The monoisotopic (exact) mass is 336 g/mol. The fourth-order valence-electron chi connectivity index (χ4n) is 1.95. The highest BCUT2D eigenvalue weighted by molar-refractivity contribution is 7.80. The molecule has 0 radical (unpaired) electrons. The van der Waals surface area contributed by atoms with Gasteiger partial charge < -0.3 is 18.9 Å². The van der Waals surface area contributed by atoms with Gasteiger partial charge >= 0.3 is 0 Å². The molecule has 134 valence electrons. The molecule has 22 heavy (non-hydrogen) atoms. The molecule has 0 aliphatic carbocycles. The number of hydrogen-bond donors (Lipinski definition) is 1. The van der Waals surface area contributed by atoms with Crippen molar-refractivity contribution in [2.75, 3.05) is 45.4 Å². The van der Waals surface area contributed by atoms with Gasteiger partial charge in [0, 0.05) is 13.2 Å². The Morgan fingerprint density at radius 2 is 1.50 bits per heavy atom. The van der Waals surface area contributed by atoms with E-state index in [9.17, 15) is 0 Å². The van der Waals surface area contributed by atoms with E-state index in [4.69, 9.17) is 18.9 Å². The van der Waals surface area contributed by atoms with E-state index in [1.54, 1.807) is 0 Å². The minimum Gasteiger partial charge on any atom is -0.379 e. The molecule has 5 heteroatoms. The molecular weight excluding hydrogens is 300 g/mol. The minimum absolute atomic E-state index is 0.248. The molecule has 0 aliphatic rings. The predicted molar refractivity (Wildman–Crippen MR) is 95.0 cm³/mol. The topological polar surface area (TPSA) is 36.9 Å². The normalized spacial score (nSPS) is 14.5. The first-order chi connectivity index (χ1) is 10.6. The molecular formula is C17H36O4S. The van der Waals surface area contributed by atoms with Crippen LogP contribution in [0.25, 0.3) is 0 Å². The van der Waals surface area contributed by atoms with Crippen LogP contribution in [-0.2, 0) is 18.9 Å². The summed E-state index contributed by atoms with van der Waals surface area (Å²) in [6.45, 7) is 12.6. The molecule has 0 spiro atoms. The molecule has 0 fully saturated rings. The van der Waals surface area contributed by atoms with E-state index in [1.165, 1.54) is 0 Å². The van der Waals surface area contributed by atoms with Crippen molar-refractivity contribution >= 4 is 12.6 Å². The van der Waals surface area contributed by atoms with Crippen LogP contribution in [0.2, 0.25) is 0 Å². The largest absolute Gasteiger partial charge is 0.379 e. The van der Waals surface area contributed by atoms with E-state index in [0.29, 0.717) is 32.3 Å². The molecule has 0 aromatic heterocycles. The van der Waals surface area contributed by atoms with Gasteiger partial charge in [0.2, 0.25) is 0 Å². The molecule has 0 saturated heterocycles. The molecule has 0 bridgehead atoms. The summed E-state index contributed by atoms with van der Waals surface area (Å²) in [5, 5.41) is 0. The van der Waals surface area contributed by atoms with E-state index >= 15 is 0 Å². The van der Waals surface area contributed by atoms with Gasteiger partial charge in [-0.3, -0.25) is 0 Å². The first-order valence-electron chi connectivity index (χ1n) is 8.59. The number of ether oxygens (including phenoxy) is 4. The van der Waals surface area contributed by atoms with Crippen molar-refractivity contribution in [3.63, 3.8) is 0 Å². The zero-order chi connectivity index (χ0) is 16.6. The van der Waals surface area contributed by atoms with Crippen molar-refractivity contribution in [3.05, 3.63) is 0 Å². The zero-order valence-corrected chi connectivity index (χ0v) is 15.8. The average molecular weight is 337 g/mol. The van der Waals surface area contributed by atoms with Crippen molar-refractivity contribution in [3.8, 4) is 0 Å². The molecule has 0 rings (SSSR count). The van der Waals surface area contributed by atoms with Crippen molar-refractivity contribution in [1.29, 1.82) is 0 Å². The van der Waals surface area contributed by atoms with E-state index in [1.807, 2.05) is 6.92 Å². The quantitative estimate of drug-likeness (QED) is 0.345. The van der Waals surface area contributed by atoms with E-state index in [0.717, 1.165) is 38.2 Å². The van der Waals surface area contributed by atoms with Gasteiger partial charge in [-0.05, 0) is 44.8 Å². The highest BCUT2D eigenvalue weighted by Gasteiger charge is 2.12. The molecule has 0 aromatic rings. The molecule has 0 aromatic carbocycles. The Balaban J connectivity index is 3.67. The van der Waals surface area contributed by atoms with Gasteiger partial charge in [-0.2, -0.15) is 12.6 Å². The number of hydrogen-bond acceptors (Lipinski definition) is 5. The summed E-state index contributed by atoms with van der Waals surface area (Å²) in [5.41, 5.74) is 0. The molecule has 4 nitrogen and oxygen atoms in total. The summed E-state index contributed by atoms with van der Waals surface area (Å²) in [6.07, 6.45) is 3.54. The summed E-state index contributed by atoms with van der Waals surface area (Å²) in [5.74, 6) is 1.43. The smallest absolute Gasteiger partial charge is 0.0704 e. The Morgan fingerprint density at radius 1 is 0.818 bits per heavy atom. The van der Waals surface area contributed by atoms with Crippen LogP contribution in [0.3, 0.4) is 0 Å². The Kier molecular flexibility index (Phi) is 16.2. The minimum atomic E-state index is 0.248. The van der Waals surface area contributed by atoms with Crippen LogP contribution in [0.1, 0.15) is 47.0 Å². The third-order valence-electron chi connectivity index (χ3n) is 3.22. The lowest BCUT2D eigenvalue weighted by molar-refractivity contribution is -0.0220. The van der Waals surface area contributed by atoms with Crippen molar-refractivity contribution in [2.45, 2.75) is 59.2 Å². The van der Waals surface area contributed by atoms with Gasteiger partial charge in [0.25, 0.3) is 0 Å². The summed E-state index contributed by atoms with van der Waals surface area (Å²) in [4.78, 5) is 0. The van der Waals surface area contributed by atoms with Crippen LogP contribution in [0, 0.1) is 5.92 Å². The van der Waals surface area contributed by atoms with Crippen LogP contribution in [0.4, 0.5) is 0 Å². The zero-order valence-electron chi connectivity index (χ0n) is 14.9. The van der Waals surface area contributed by atoms with Gasteiger partial charge in [0.05, 0.1) is 38.6 Å². The Hall–Kier alpha value is 0.190. The van der Waals surface area contributed by atoms with Crippen LogP contribution in [-0.4, -0.2) is 57.6 Å². The van der Waals surface area contributed by atoms with Crippen LogP contribution in [0.15, 0.2) is 0 Å². The molecule has 0 saturated carbocycles. The van der Waals surface area contributed by atoms with E-state index < -0.39 is 0 Å². The van der Waals surface area contributed by atoms with E-state index in [2.05, 4.69) is 33.4 Å². The SMILES string of the molecule is CCOCCOCCOC(CCS)CCC(C)OCC(C)C. The van der Waals surface area contributed by atoms with Crippen LogP contribution < -0.4 is 0 Å². The predicted octanol–water partition coefficient (Wildman–Crippen LogP) is 3.59. The lowest BCUT2D eigenvalue weighted by Crippen LogP contribution is -2.21. The van der Waals surface area contributed by atoms with Gasteiger partial charge in [-0.15, -0.1) is 0 Å². The summed E-state index contributed by atoms with van der Waals surface area (Å²) >= 11 is 4.32. The van der Waals surface area contributed by atoms with Gasteiger partial charge in [-0.1, -0.05) is 13.8 Å². The third-order valence-corrected chi connectivity index (χ3v) is 3.48. The second-order valence-electron chi connectivity index (χ2n) is 5.93. The maximum Gasteiger partial charge on any atom is 0.0704 e. The number of thiol groups is 1. The van der Waals surface area contributed by atoms with Crippen molar-refractivity contribution < 1.29 is 18.9 Å². The van der Waals surface area contributed by atoms with Gasteiger partial charge in [-0.25, -0.2) is 0 Å². The Morgan fingerprint density at radius 3 is 2.14 bits per heavy atom. The lowest BCUT2D eigenvalue weighted by Gasteiger charge is -2.20. The summed E-state index contributed by atoms with van der Waals surface area (Å²) < 4.78 is 22.4. The fraction of sp³-hybridized carbons (Fsp3) is 1.00. The third kappa shape index (κ3) is 15.1. The summed E-state index contributed by atoms with van der Waals surface area (Å²) in [7, 11) is 0. The first kappa shape index (κ1) is 22.2. The van der Waals surface area contributed by atoms with Crippen molar-refractivity contribution in [2.24, 2.45) is 5.92 Å². The Labute approximate surface area is 142 Å². The van der Waals surface area contributed by atoms with E-state index in [-0.39, 0.29) is 12.2 Å². The Bertz CT molecular complexity index is 227. The van der Waals surface area contributed by atoms with Gasteiger partial charge in [0.1, 0.15) is 0 Å². The van der Waals surface area contributed by atoms with Crippen LogP contribution >= 0.6 is 12.6 Å². The maximum absolute atomic E-state index is 5.89. The first-order valence-corrected chi connectivity index (χ1v) is 9.22. The number of rotatable bonds is 16. The highest BCUT2D eigenvalue weighted by Crippen LogP contribution is 2.12. The highest BCUT2D eigenvalue weighted by atomic mass is 32.1.